The monoisotopic (exact) mass is 431 g/mol. The van der Waals surface area contributed by atoms with Gasteiger partial charge in [0.05, 0.1) is 0 Å². The van der Waals surface area contributed by atoms with Gasteiger partial charge >= 0.3 is 7.82 Å². The van der Waals surface area contributed by atoms with Gasteiger partial charge in [0, 0.05) is 11.1 Å². The van der Waals surface area contributed by atoms with Crippen molar-refractivity contribution in [2.24, 2.45) is 5.73 Å². The molecule has 0 bridgehead atoms. The number of phosphoric ester groups is 1. The molecule has 0 aliphatic rings. The Hall–Kier alpha value is -3.37. The Bertz CT molecular complexity index is 1050. The van der Waals surface area contributed by atoms with E-state index >= 15 is 0 Å². The van der Waals surface area contributed by atoms with Crippen molar-refractivity contribution in [1.82, 2.24) is 0 Å². The molecule has 6 heteroatoms. The third-order valence-electron chi connectivity index (χ3n) is 4.58. The van der Waals surface area contributed by atoms with Crippen molar-refractivity contribution < 1.29 is 18.1 Å². The van der Waals surface area contributed by atoms with Gasteiger partial charge in [-0.1, -0.05) is 97.1 Å². The lowest BCUT2D eigenvalue weighted by atomic mass is 9.95. The summed E-state index contributed by atoms with van der Waals surface area (Å²) >= 11 is 0. The van der Waals surface area contributed by atoms with Crippen molar-refractivity contribution in [3.05, 3.63) is 132 Å². The van der Waals surface area contributed by atoms with E-state index in [1.54, 1.807) is 48.5 Å². The molecule has 4 aromatic carbocycles. The minimum Gasteiger partial charge on any atom is -0.395 e. The Balaban J connectivity index is 1.78. The third-order valence-corrected chi connectivity index (χ3v) is 5.96. The highest BCUT2D eigenvalue weighted by Gasteiger charge is 2.44. The second kappa shape index (κ2) is 9.19. The molecule has 0 aliphatic heterocycles. The van der Waals surface area contributed by atoms with Gasteiger partial charge in [-0.2, -0.15) is 0 Å². The summed E-state index contributed by atoms with van der Waals surface area (Å²) in [5.74, 6) is 0.676. The van der Waals surface area contributed by atoms with E-state index in [0.717, 1.165) is 0 Å². The zero-order valence-corrected chi connectivity index (χ0v) is 17.6. The molecular formula is C25H22NO4P. The summed E-state index contributed by atoms with van der Waals surface area (Å²) < 4.78 is 31.6. The molecule has 0 aliphatic carbocycles. The summed E-state index contributed by atoms with van der Waals surface area (Å²) in [4.78, 5) is 0. The fourth-order valence-corrected chi connectivity index (χ4v) is 4.53. The zero-order chi connectivity index (χ0) is 21.6. The maximum Gasteiger partial charge on any atom is 0.589 e. The van der Waals surface area contributed by atoms with E-state index in [4.69, 9.17) is 19.3 Å². The van der Waals surface area contributed by atoms with Gasteiger partial charge in [-0.15, -0.1) is 0 Å². The lowest BCUT2D eigenvalue weighted by molar-refractivity contribution is 0.0776. The molecule has 0 fully saturated rings. The number of nitrogens with two attached hydrogens (primary N) is 1. The van der Waals surface area contributed by atoms with Crippen LogP contribution >= 0.6 is 7.82 Å². The Morgan fingerprint density at radius 1 is 0.548 bits per heavy atom. The lowest BCUT2D eigenvalue weighted by Gasteiger charge is -2.33. The van der Waals surface area contributed by atoms with E-state index in [0.29, 0.717) is 22.6 Å². The molecule has 156 valence electrons. The summed E-state index contributed by atoms with van der Waals surface area (Å²) in [6.45, 7) is 0. The molecule has 2 N–H and O–H groups in total. The van der Waals surface area contributed by atoms with Gasteiger partial charge in [-0.3, -0.25) is 5.73 Å². The van der Waals surface area contributed by atoms with E-state index in [2.05, 4.69) is 0 Å². The highest BCUT2D eigenvalue weighted by molar-refractivity contribution is 7.49. The van der Waals surface area contributed by atoms with E-state index in [-0.39, 0.29) is 0 Å². The first kappa shape index (κ1) is 20.9. The van der Waals surface area contributed by atoms with Crippen LogP contribution in [0.5, 0.6) is 11.5 Å². The molecule has 4 aromatic rings. The number of para-hydroxylation sites is 2. The predicted molar refractivity (Wildman–Crippen MR) is 121 cm³/mol. The van der Waals surface area contributed by atoms with Gasteiger partial charge < -0.3 is 9.05 Å². The van der Waals surface area contributed by atoms with Gasteiger partial charge in [-0.05, 0) is 24.3 Å². The summed E-state index contributed by atoms with van der Waals surface area (Å²) in [7, 11) is -4.24. The summed E-state index contributed by atoms with van der Waals surface area (Å²) in [5, 5.41) is 0. The van der Waals surface area contributed by atoms with Crippen molar-refractivity contribution in [2.45, 2.75) is 5.72 Å². The first-order chi connectivity index (χ1) is 15.1. The van der Waals surface area contributed by atoms with Gasteiger partial charge in [0.1, 0.15) is 11.5 Å². The Morgan fingerprint density at radius 3 is 1.23 bits per heavy atom. The molecular weight excluding hydrogens is 409 g/mol. The van der Waals surface area contributed by atoms with Crippen LogP contribution in [0.15, 0.2) is 121 Å². The Labute approximate surface area is 181 Å². The van der Waals surface area contributed by atoms with Crippen LogP contribution in [0.1, 0.15) is 11.1 Å². The molecule has 0 saturated heterocycles. The van der Waals surface area contributed by atoms with E-state index < -0.39 is 13.5 Å². The standard InChI is InChI=1S/C25H22NO4P/c26-25(21-13-5-1-6-14-21,22-15-7-2-8-16-22)30-31(27,28-23-17-9-3-10-18-23)29-24-19-11-4-12-20-24/h1-20H,26H2. The molecule has 0 atom stereocenters. The first-order valence-electron chi connectivity index (χ1n) is 9.77. The van der Waals surface area contributed by atoms with Crippen molar-refractivity contribution in [2.75, 3.05) is 0 Å². The van der Waals surface area contributed by atoms with E-state index in [1.165, 1.54) is 0 Å². The zero-order valence-electron chi connectivity index (χ0n) is 16.7. The smallest absolute Gasteiger partial charge is 0.395 e. The maximum atomic E-state index is 14.0. The lowest BCUT2D eigenvalue weighted by Crippen LogP contribution is -2.41. The second-order valence-electron chi connectivity index (χ2n) is 6.81. The minimum absolute atomic E-state index is 0.338. The summed E-state index contributed by atoms with van der Waals surface area (Å²) in [6.07, 6.45) is 0. The van der Waals surface area contributed by atoms with Crippen LogP contribution in [-0.2, 0) is 14.8 Å². The van der Waals surface area contributed by atoms with E-state index in [9.17, 15) is 4.57 Å². The molecule has 31 heavy (non-hydrogen) atoms. The predicted octanol–water partition coefficient (Wildman–Crippen LogP) is 6.13. The van der Waals surface area contributed by atoms with E-state index in [1.807, 2.05) is 72.8 Å². The minimum atomic E-state index is -4.24. The second-order valence-corrected chi connectivity index (χ2v) is 8.26. The van der Waals surface area contributed by atoms with Crippen molar-refractivity contribution in [3.8, 4) is 11.5 Å². The fraction of sp³-hybridized carbons (Fsp3) is 0.0400. The van der Waals surface area contributed by atoms with Crippen LogP contribution in [0.2, 0.25) is 0 Å². The largest absolute Gasteiger partial charge is 0.589 e. The summed E-state index contributed by atoms with van der Waals surface area (Å²) in [5.41, 5.74) is 6.41. The number of hydrogen-bond donors (Lipinski definition) is 1. The molecule has 4 rings (SSSR count). The van der Waals surface area contributed by atoms with Crippen LogP contribution < -0.4 is 14.8 Å². The molecule has 0 unspecified atom stereocenters. The first-order valence-corrected chi connectivity index (χ1v) is 11.2. The molecule has 0 heterocycles. The molecule has 0 saturated carbocycles. The molecule has 0 aromatic heterocycles. The van der Waals surface area contributed by atoms with Gasteiger partial charge in [0.15, 0.2) is 5.72 Å². The van der Waals surface area contributed by atoms with Crippen molar-refractivity contribution in [1.29, 1.82) is 0 Å². The average molecular weight is 431 g/mol. The number of rotatable bonds is 8. The topological polar surface area (TPSA) is 70.8 Å². The van der Waals surface area contributed by atoms with Gasteiger partial charge in [0.2, 0.25) is 0 Å². The van der Waals surface area contributed by atoms with Gasteiger partial charge in [-0.25, -0.2) is 9.09 Å². The third kappa shape index (κ3) is 5.04. The van der Waals surface area contributed by atoms with Crippen LogP contribution in [0.3, 0.4) is 0 Å². The molecule has 0 amide bonds. The van der Waals surface area contributed by atoms with Crippen molar-refractivity contribution >= 4 is 7.82 Å². The quantitative estimate of drug-likeness (QED) is 0.268. The average Bonchev–Trinajstić information content (AvgIpc) is 2.81. The number of benzene rings is 4. The number of phosphoric acid groups is 1. The Kier molecular flexibility index (Phi) is 6.19. The normalized spacial score (nSPS) is 11.6. The van der Waals surface area contributed by atoms with Crippen LogP contribution in [0.4, 0.5) is 0 Å². The SMILES string of the molecule is NC(OP(=O)(Oc1ccccc1)Oc1ccccc1)(c1ccccc1)c1ccccc1. The fourth-order valence-electron chi connectivity index (χ4n) is 3.10. The van der Waals surface area contributed by atoms with Gasteiger partial charge in [0.25, 0.3) is 0 Å². The number of hydrogen-bond acceptors (Lipinski definition) is 5. The highest BCUT2D eigenvalue weighted by atomic mass is 31.2. The molecule has 5 nitrogen and oxygen atoms in total. The van der Waals surface area contributed by atoms with Crippen LogP contribution in [0.25, 0.3) is 0 Å². The maximum absolute atomic E-state index is 14.0. The molecule has 0 radical (unpaired) electrons. The highest BCUT2D eigenvalue weighted by Crippen LogP contribution is 2.54. The van der Waals surface area contributed by atoms with Crippen molar-refractivity contribution in [3.63, 3.8) is 0 Å². The Morgan fingerprint density at radius 2 is 0.871 bits per heavy atom. The molecule has 0 spiro atoms. The van der Waals surface area contributed by atoms with Crippen LogP contribution in [0, 0.1) is 0 Å². The summed E-state index contributed by atoms with van der Waals surface area (Å²) in [6, 6.07) is 35.8. The van der Waals surface area contributed by atoms with Crippen LogP contribution in [-0.4, -0.2) is 0 Å².